The van der Waals surface area contributed by atoms with E-state index in [1.54, 1.807) is 0 Å². The zero-order chi connectivity index (χ0) is 14.3. The van der Waals surface area contributed by atoms with E-state index in [1.165, 1.54) is 51.9 Å². The maximum absolute atomic E-state index is 3.90. The van der Waals surface area contributed by atoms with Gasteiger partial charge in [0.1, 0.15) is 0 Å². The maximum atomic E-state index is 3.90. The van der Waals surface area contributed by atoms with Crippen LogP contribution in [0.25, 0.3) is 0 Å². The molecule has 0 bridgehead atoms. The second-order valence-corrected chi connectivity index (χ2v) is 7.90. The Kier molecular flexibility index (Phi) is 4.13. The summed E-state index contributed by atoms with van der Waals surface area (Å²) in [5.74, 6) is 1.74. The first-order valence-corrected chi connectivity index (χ1v) is 8.73. The number of nitrogens with zero attached hydrogens (tertiary/aromatic N) is 2. The summed E-state index contributed by atoms with van der Waals surface area (Å²) in [7, 11) is 2.27. The average molecular weight is 279 g/mol. The van der Waals surface area contributed by atoms with E-state index in [-0.39, 0.29) is 0 Å². The van der Waals surface area contributed by atoms with Gasteiger partial charge >= 0.3 is 0 Å². The molecule has 0 aromatic rings. The molecule has 20 heavy (non-hydrogen) atoms. The summed E-state index contributed by atoms with van der Waals surface area (Å²) in [4.78, 5) is 5.40. The van der Waals surface area contributed by atoms with Gasteiger partial charge in [-0.1, -0.05) is 13.8 Å². The van der Waals surface area contributed by atoms with Crippen molar-refractivity contribution in [1.29, 1.82) is 0 Å². The van der Waals surface area contributed by atoms with Crippen molar-refractivity contribution >= 4 is 0 Å². The number of hydrogen-bond donors (Lipinski definition) is 1. The zero-order valence-electron chi connectivity index (χ0n) is 13.9. The lowest BCUT2D eigenvalue weighted by molar-refractivity contribution is -0.00899. The lowest BCUT2D eigenvalue weighted by Gasteiger charge is -2.52. The van der Waals surface area contributed by atoms with Crippen LogP contribution in [-0.4, -0.2) is 60.6 Å². The van der Waals surface area contributed by atoms with Crippen molar-refractivity contribution in [3.63, 3.8) is 0 Å². The van der Waals surface area contributed by atoms with Gasteiger partial charge in [-0.15, -0.1) is 0 Å². The van der Waals surface area contributed by atoms with Crippen molar-refractivity contribution < 1.29 is 0 Å². The van der Waals surface area contributed by atoms with E-state index in [0.29, 0.717) is 5.54 Å². The van der Waals surface area contributed by atoms with Gasteiger partial charge in [0.2, 0.25) is 0 Å². The van der Waals surface area contributed by atoms with E-state index in [1.807, 2.05) is 0 Å². The minimum Gasteiger partial charge on any atom is -0.308 e. The standard InChI is InChI=1S/C17H33N3/c1-5-15-10-18-17(3,14-6-7-14)12-20(15)16-8-9-19(4)11-13(16)2/h13-16,18H,5-12H2,1-4H3. The van der Waals surface area contributed by atoms with Crippen LogP contribution in [0.5, 0.6) is 0 Å². The molecule has 1 aliphatic carbocycles. The van der Waals surface area contributed by atoms with Crippen molar-refractivity contribution in [2.75, 3.05) is 33.2 Å². The third-order valence-electron chi connectivity index (χ3n) is 6.16. The third kappa shape index (κ3) is 2.77. The Labute approximate surface area is 125 Å². The summed E-state index contributed by atoms with van der Waals surface area (Å²) >= 11 is 0. The number of rotatable bonds is 3. The number of hydrogen-bond acceptors (Lipinski definition) is 3. The van der Waals surface area contributed by atoms with E-state index in [0.717, 1.165) is 23.9 Å². The molecule has 2 heterocycles. The van der Waals surface area contributed by atoms with Gasteiger partial charge in [-0.05, 0) is 58.0 Å². The lowest BCUT2D eigenvalue weighted by atomic mass is 9.85. The summed E-state index contributed by atoms with van der Waals surface area (Å²) in [6.45, 7) is 12.3. The molecule has 4 unspecified atom stereocenters. The molecule has 3 aliphatic rings. The van der Waals surface area contributed by atoms with Crippen LogP contribution in [0.15, 0.2) is 0 Å². The molecule has 1 N–H and O–H groups in total. The highest BCUT2D eigenvalue weighted by atomic mass is 15.3. The fourth-order valence-electron chi connectivity index (χ4n) is 4.63. The number of nitrogens with one attached hydrogen (secondary N) is 1. The minimum atomic E-state index is 0.384. The lowest BCUT2D eigenvalue weighted by Crippen LogP contribution is -2.67. The fourth-order valence-corrected chi connectivity index (χ4v) is 4.63. The summed E-state index contributed by atoms with van der Waals surface area (Å²) < 4.78 is 0. The molecule has 3 heteroatoms. The number of likely N-dealkylation sites (tertiary alicyclic amines) is 1. The number of piperidine rings is 1. The molecule has 2 aliphatic heterocycles. The van der Waals surface area contributed by atoms with Crippen LogP contribution < -0.4 is 5.32 Å². The molecular formula is C17H33N3. The average Bonchev–Trinajstić information content (AvgIpc) is 3.23. The number of piperazine rings is 1. The Balaban J connectivity index is 1.73. The van der Waals surface area contributed by atoms with Crippen LogP contribution in [0, 0.1) is 11.8 Å². The van der Waals surface area contributed by atoms with Crippen molar-refractivity contribution in [3.05, 3.63) is 0 Å². The smallest absolute Gasteiger partial charge is 0.0309 e. The molecule has 116 valence electrons. The van der Waals surface area contributed by atoms with Crippen LogP contribution in [0.2, 0.25) is 0 Å². The second-order valence-electron chi connectivity index (χ2n) is 7.90. The van der Waals surface area contributed by atoms with Crippen LogP contribution in [0.3, 0.4) is 0 Å². The normalized spacial score (nSPS) is 44.7. The first-order chi connectivity index (χ1) is 9.53. The van der Waals surface area contributed by atoms with Gasteiger partial charge < -0.3 is 10.2 Å². The predicted molar refractivity (Wildman–Crippen MR) is 85.0 cm³/mol. The molecule has 3 nitrogen and oxygen atoms in total. The molecular weight excluding hydrogens is 246 g/mol. The SMILES string of the molecule is CCC1CNC(C)(C2CC2)CN1C1CCN(C)CC1C. The highest BCUT2D eigenvalue weighted by Crippen LogP contribution is 2.42. The Hall–Kier alpha value is -0.120. The van der Waals surface area contributed by atoms with Crippen molar-refractivity contribution in [3.8, 4) is 0 Å². The summed E-state index contributed by atoms with van der Waals surface area (Å²) in [5, 5.41) is 3.90. The second kappa shape index (κ2) is 5.58. The van der Waals surface area contributed by atoms with Crippen LogP contribution in [0.4, 0.5) is 0 Å². The van der Waals surface area contributed by atoms with Crippen molar-refractivity contribution in [2.24, 2.45) is 11.8 Å². The Bertz CT molecular complexity index is 341. The molecule has 4 atom stereocenters. The van der Waals surface area contributed by atoms with Crippen LogP contribution in [0.1, 0.15) is 46.5 Å². The first-order valence-electron chi connectivity index (χ1n) is 8.73. The van der Waals surface area contributed by atoms with E-state index in [4.69, 9.17) is 0 Å². The van der Waals surface area contributed by atoms with E-state index in [2.05, 4.69) is 42.9 Å². The molecule has 0 radical (unpaired) electrons. The van der Waals surface area contributed by atoms with E-state index < -0.39 is 0 Å². The topological polar surface area (TPSA) is 18.5 Å². The highest BCUT2D eigenvalue weighted by molar-refractivity contribution is 5.05. The maximum Gasteiger partial charge on any atom is 0.0309 e. The molecule has 0 aromatic heterocycles. The molecule has 0 aromatic carbocycles. The van der Waals surface area contributed by atoms with Crippen molar-refractivity contribution in [2.45, 2.75) is 64.1 Å². The van der Waals surface area contributed by atoms with Gasteiger partial charge in [0, 0.05) is 37.3 Å². The van der Waals surface area contributed by atoms with E-state index in [9.17, 15) is 0 Å². The van der Waals surface area contributed by atoms with Gasteiger partial charge in [-0.2, -0.15) is 0 Å². The third-order valence-corrected chi connectivity index (χ3v) is 6.16. The monoisotopic (exact) mass is 279 g/mol. The van der Waals surface area contributed by atoms with Gasteiger partial charge in [0.15, 0.2) is 0 Å². The van der Waals surface area contributed by atoms with Crippen LogP contribution >= 0.6 is 0 Å². The summed E-state index contributed by atoms with van der Waals surface area (Å²) in [6, 6.07) is 1.55. The summed E-state index contributed by atoms with van der Waals surface area (Å²) in [5.41, 5.74) is 0.384. The fraction of sp³-hybridized carbons (Fsp3) is 1.00. The van der Waals surface area contributed by atoms with Gasteiger partial charge in [-0.25, -0.2) is 0 Å². The first kappa shape index (κ1) is 14.8. The minimum absolute atomic E-state index is 0.384. The van der Waals surface area contributed by atoms with E-state index >= 15 is 0 Å². The molecule has 0 spiro atoms. The summed E-state index contributed by atoms with van der Waals surface area (Å²) in [6.07, 6.45) is 5.52. The Morgan fingerprint density at radius 1 is 1.25 bits per heavy atom. The zero-order valence-corrected chi connectivity index (χ0v) is 13.9. The quantitative estimate of drug-likeness (QED) is 0.854. The largest absolute Gasteiger partial charge is 0.308 e. The predicted octanol–water partition coefficient (Wildman–Crippen LogP) is 2.18. The van der Waals surface area contributed by atoms with Gasteiger partial charge in [-0.3, -0.25) is 4.90 Å². The molecule has 1 saturated carbocycles. The molecule has 0 amide bonds. The van der Waals surface area contributed by atoms with Gasteiger partial charge in [0.25, 0.3) is 0 Å². The van der Waals surface area contributed by atoms with Crippen LogP contribution in [-0.2, 0) is 0 Å². The molecule has 3 fully saturated rings. The van der Waals surface area contributed by atoms with Gasteiger partial charge in [0.05, 0.1) is 0 Å². The molecule has 3 rings (SSSR count). The Morgan fingerprint density at radius 3 is 2.60 bits per heavy atom. The van der Waals surface area contributed by atoms with Crippen molar-refractivity contribution in [1.82, 2.24) is 15.1 Å². The highest BCUT2D eigenvalue weighted by Gasteiger charge is 2.47. The Morgan fingerprint density at radius 2 is 2.00 bits per heavy atom. The molecule has 2 saturated heterocycles.